The van der Waals surface area contributed by atoms with Crippen molar-refractivity contribution in [3.63, 3.8) is 0 Å². The molecule has 0 bridgehead atoms. The summed E-state index contributed by atoms with van der Waals surface area (Å²) in [5.74, 6) is 1.43. The van der Waals surface area contributed by atoms with Gasteiger partial charge < -0.3 is 14.8 Å². The third-order valence-corrected chi connectivity index (χ3v) is 5.04. The fourth-order valence-electron chi connectivity index (χ4n) is 3.17. The maximum Gasteiger partial charge on any atom is 0.234 e. The predicted octanol–water partition coefficient (Wildman–Crippen LogP) is 2.31. The van der Waals surface area contributed by atoms with Gasteiger partial charge in [0.1, 0.15) is 12.7 Å². The number of aromatic nitrogens is 3. The van der Waals surface area contributed by atoms with E-state index in [2.05, 4.69) is 22.3 Å². The lowest BCUT2D eigenvalue weighted by atomic mass is 10.1. The molecule has 0 radical (unpaired) electrons. The molecule has 150 valence electrons. The number of likely N-dealkylation sites (N-methyl/N-ethyl adjacent to an activating group) is 1. The van der Waals surface area contributed by atoms with E-state index in [9.17, 15) is 4.79 Å². The molecular formula is C21H23N5O3. The van der Waals surface area contributed by atoms with Crippen LogP contribution in [0.5, 0.6) is 11.5 Å². The smallest absolute Gasteiger partial charge is 0.234 e. The van der Waals surface area contributed by atoms with E-state index in [0.29, 0.717) is 13.1 Å². The van der Waals surface area contributed by atoms with Crippen molar-refractivity contribution in [2.75, 3.05) is 20.4 Å². The lowest BCUT2D eigenvalue weighted by Crippen LogP contribution is -2.36. The van der Waals surface area contributed by atoms with Crippen LogP contribution in [0.3, 0.4) is 0 Å². The van der Waals surface area contributed by atoms with Gasteiger partial charge in [-0.1, -0.05) is 18.2 Å². The van der Waals surface area contributed by atoms with E-state index in [1.54, 1.807) is 11.0 Å². The fraction of sp³-hybridized carbons (Fsp3) is 0.286. The fourth-order valence-corrected chi connectivity index (χ4v) is 3.17. The predicted molar refractivity (Wildman–Crippen MR) is 107 cm³/mol. The lowest BCUT2D eigenvalue weighted by Gasteiger charge is -2.24. The normalized spacial score (nSPS) is 13.5. The third-order valence-electron chi connectivity index (χ3n) is 5.04. The second-order valence-corrected chi connectivity index (χ2v) is 6.99. The Bertz CT molecular complexity index is 972. The highest BCUT2D eigenvalue weighted by Gasteiger charge is 2.16. The average molecular weight is 393 g/mol. The molecule has 2 aromatic carbocycles. The molecule has 1 aliphatic heterocycles. The maximum atomic E-state index is 12.4. The minimum absolute atomic E-state index is 0.0312. The topological polar surface area (TPSA) is 81.5 Å². The Morgan fingerprint density at radius 1 is 1.21 bits per heavy atom. The number of nitrogens with one attached hydrogen (secondary N) is 1. The zero-order valence-electron chi connectivity index (χ0n) is 16.4. The Balaban J connectivity index is 1.30. The first kappa shape index (κ1) is 18.9. The first-order valence-electron chi connectivity index (χ1n) is 9.40. The summed E-state index contributed by atoms with van der Waals surface area (Å²) in [5.41, 5.74) is 3.05. The number of rotatable bonds is 7. The van der Waals surface area contributed by atoms with Gasteiger partial charge in [-0.15, -0.1) is 0 Å². The summed E-state index contributed by atoms with van der Waals surface area (Å²) >= 11 is 0. The van der Waals surface area contributed by atoms with Crippen molar-refractivity contribution in [3.8, 4) is 17.2 Å². The zero-order valence-corrected chi connectivity index (χ0v) is 16.4. The van der Waals surface area contributed by atoms with E-state index in [1.807, 2.05) is 54.4 Å². The van der Waals surface area contributed by atoms with Crippen LogP contribution in [-0.2, 0) is 11.3 Å². The molecule has 1 aromatic heterocycles. The van der Waals surface area contributed by atoms with Crippen molar-refractivity contribution in [2.24, 2.45) is 0 Å². The van der Waals surface area contributed by atoms with Crippen LogP contribution >= 0.6 is 0 Å². The van der Waals surface area contributed by atoms with Gasteiger partial charge in [-0.3, -0.25) is 9.69 Å². The molecule has 29 heavy (non-hydrogen) atoms. The average Bonchev–Trinajstić information content (AvgIpc) is 3.43. The SMILES string of the molecule is C[C@@H](c1ccc(-n2cncn2)cc1)N(C)CC(=O)NCc1ccc2c(c1)OCO2. The molecule has 1 atom stereocenters. The Morgan fingerprint density at radius 2 is 2.00 bits per heavy atom. The van der Waals surface area contributed by atoms with Crippen LogP contribution in [0.2, 0.25) is 0 Å². The van der Waals surface area contributed by atoms with E-state index in [1.165, 1.54) is 6.33 Å². The van der Waals surface area contributed by atoms with Crippen molar-refractivity contribution >= 4 is 5.91 Å². The largest absolute Gasteiger partial charge is 0.454 e. The van der Waals surface area contributed by atoms with E-state index in [-0.39, 0.29) is 18.7 Å². The number of hydrogen-bond acceptors (Lipinski definition) is 6. The Kier molecular flexibility index (Phi) is 5.44. The first-order valence-corrected chi connectivity index (χ1v) is 9.40. The Hall–Kier alpha value is -3.39. The van der Waals surface area contributed by atoms with Gasteiger partial charge >= 0.3 is 0 Å². The molecule has 1 amide bonds. The molecule has 0 aliphatic carbocycles. The number of benzene rings is 2. The monoisotopic (exact) mass is 393 g/mol. The van der Waals surface area contributed by atoms with Crippen molar-refractivity contribution < 1.29 is 14.3 Å². The Morgan fingerprint density at radius 3 is 2.76 bits per heavy atom. The molecule has 0 unspecified atom stereocenters. The number of amides is 1. The third kappa shape index (κ3) is 4.38. The summed E-state index contributed by atoms with van der Waals surface area (Å²) in [5, 5.41) is 7.09. The summed E-state index contributed by atoms with van der Waals surface area (Å²) in [6, 6.07) is 13.9. The van der Waals surface area contributed by atoms with E-state index < -0.39 is 0 Å². The molecule has 0 saturated carbocycles. The second kappa shape index (κ2) is 8.32. The summed E-state index contributed by atoms with van der Waals surface area (Å²) in [7, 11) is 1.94. The van der Waals surface area contributed by atoms with Gasteiger partial charge in [0.15, 0.2) is 11.5 Å². The van der Waals surface area contributed by atoms with Crippen LogP contribution in [0.4, 0.5) is 0 Å². The van der Waals surface area contributed by atoms with Crippen LogP contribution in [0.1, 0.15) is 24.1 Å². The second-order valence-electron chi connectivity index (χ2n) is 6.99. The number of carbonyl (C=O) groups excluding carboxylic acids is 1. The summed E-state index contributed by atoms with van der Waals surface area (Å²) in [6.07, 6.45) is 3.17. The van der Waals surface area contributed by atoms with Crippen molar-refractivity contribution in [3.05, 3.63) is 66.2 Å². The van der Waals surface area contributed by atoms with Gasteiger partial charge in [-0.05, 0) is 49.4 Å². The minimum Gasteiger partial charge on any atom is -0.454 e. The van der Waals surface area contributed by atoms with Crippen LogP contribution < -0.4 is 14.8 Å². The molecule has 1 aliphatic rings. The molecule has 2 heterocycles. The van der Waals surface area contributed by atoms with Crippen molar-refractivity contribution in [2.45, 2.75) is 19.5 Å². The highest BCUT2D eigenvalue weighted by atomic mass is 16.7. The van der Waals surface area contributed by atoms with Crippen LogP contribution in [0.25, 0.3) is 5.69 Å². The lowest BCUT2D eigenvalue weighted by molar-refractivity contribution is -0.122. The molecular weight excluding hydrogens is 370 g/mol. The number of nitrogens with zero attached hydrogens (tertiary/aromatic N) is 4. The maximum absolute atomic E-state index is 12.4. The number of fused-ring (bicyclic) bond motifs is 1. The quantitative estimate of drug-likeness (QED) is 0.663. The van der Waals surface area contributed by atoms with Gasteiger partial charge in [0.25, 0.3) is 0 Å². The number of ether oxygens (including phenoxy) is 2. The van der Waals surface area contributed by atoms with Gasteiger partial charge in [0.05, 0.1) is 12.2 Å². The van der Waals surface area contributed by atoms with E-state index in [0.717, 1.165) is 28.3 Å². The van der Waals surface area contributed by atoms with Gasteiger partial charge in [-0.25, -0.2) is 9.67 Å². The Labute approximate surface area is 169 Å². The van der Waals surface area contributed by atoms with Crippen LogP contribution in [0.15, 0.2) is 55.1 Å². The molecule has 3 aromatic rings. The minimum atomic E-state index is -0.0312. The van der Waals surface area contributed by atoms with E-state index >= 15 is 0 Å². The van der Waals surface area contributed by atoms with Crippen LogP contribution in [-0.4, -0.2) is 46.0 Å². The summed E-state index contributed by atoms with van der Waals surface area (Å²) in [4.78, 5) is 18.4. The molecule has 0 spiro atoms. The first-order chi connectivity index (χ1) is 14.1. The number of hydrogen-bond donors (Lipinski definition) is 1. The summed E-state index contributed by atoms with van der Waals surface area (Å²) in [6.45, 7) is 3.07. The molecule has 1 N–H and O–H groups in total. The van der Waals surface area contributed by atoms with Crippen LogP contribution in [0, 0.1) is 0 Å². The molecule has 8 nitrogen and oxygen atoms in total. The highest BCUT2D eigenvalue weighted by Crippen LogP contribution is 2.32. The van der Waals surface area contributed by atoms with Gasteiger partial charge in [-0.2, -0.15) is 5.10 Å². The highest BCUT2D eigenvalue weighted by molar-refractivity contribution is 5.78. The molecule has 8 heteroatoms. The standard InChI is InChI=1S/C21H23N5O3/c1-15(17-4-6-18(7-5-17)26-13-22-12-24-26)25(2)11-21(27)23-10-16-3-8-19-20(9-16)29-14-28-19/h3-9,12-13,15H,10-11,14H2,1-2H3,(H,23,27)/t15-/m0/s1. The molecule has 0 fully saturated rings. The zero-order chi connectivity index (χ0) is 20.2. The molecule has 0 saturated heterocycles. The van der Waals surface area contributed by atoms with Gasteiger partial charge in [0, 0.05) is 12.6 Å². The van der Waals surface area contributed by atoms with Crippen molar-refractivity contribution in [1.82, 2.24) is 25.0 Å². The summed E-state index contributed by atoms with van der Waals surface area (Å²) < 4.78 is 12.4. The van der Waals surface area contributed by atoms with Gasteiger partial charge in [0.2, 0.25) is 12.7 Å². The van der Waals surface area contributed by atoms with Crippen molar-refractivity contribution in [1.29, 1.82) is 0 Å². The van der Waals surface area contributed by atoms with E-state index in [4.69, 9.17) is 9.47 Å². The molecule has 4 rings (SSSR count). The number of carbonyl (C=O) groups is 1.